The fourth-order valence-electron chi connectivity index (χ4n) is 1.97. The number of aryl methyl sites for hydroxylation is 2. The molecule has 2 unspecified atom stereocenters. The lowest BCUT2D eigenvalue weighted by Crippen LogP contribution is -2.36. The third-order valence-corrected chi connectivity index (χ3v) is 3.35. The Balaban J connectivity index is 2.11. The second kappa shape index (κ2) is 3.64. The number of anilines is 1. The summed E-state index contributed by atoms with van der Waals surface area (Å²) in [5, 5.41) is 3.64. The fourth-order valence-corrected chi connectivity index (χ4v) is 1.97. The summed E-state index contributed by atoms with van der Waals surface area (Å²) in [5.74, 6) is 0.843. The highest BCUT2D eigenvalue weighted by atomic mass is 14.9. The molecule has 0 bridgehead atoms. The Kier molecular flexibility index (Phi) is 2.49. The number of hydrogen-bond donors (Lipinski definition) is 1. The van der Waals surface area contributed by atoms with E-state index in [0.29, 0.717) is 6.04 Å². The maximum Gasteiger partial charge on any atom is 0.0374 e. The summed E-state index contributed by atoms with van der Waals surface area (Å²) in [7, 11) is 0. The van der Waals surface area contributed by atoms with Crippen LogP contribution in [0.1, 0.15) is 30.9 Å². The van der Waals surface area contributed by atoms with Gasteiger partial charge >= 0.3 is 0 Å². The van der Waals surface area contributed by atoms with Gasteiger partial charge in [0, 0.05) is 11.7 Å². The van der Waals surface area contributed by atoms with Crippen LogP contribution in [-0.4, -0.2) is 6.04 Å². The van der Waals surface area contributed by atoms with Crippen molar-refractivity contribution >= 4 is 5.69 Å². The molecular weight excluding hydrogens is 170 g/mol. The van der Waals surface area contributed by atoms with Crippen molar-refractivity contribution in [2.24, 2.45) is 5.92 Å². The lowest BCUT2D eigenvalue weighted by molar-refractivity contribution is 0.303. The van der Waals surface area contributed by atoms with E-state index in [1.165, 1.54) is 29.7 Å². The highest BCUT2D eigenvalue weighted by Gasteiger charge is 2.26. The van der Waals surface area contributed by atoms with E-state index in [9.17, 15) is 0 Å². The lowest BCUT2D eigenvalue weighted by Gasteiger charge is -2.35. The van der Waals surface area contributed by atoms with E-state index >= 15 is 0 Å². The van der Waals surface area contributed by atoms with Crippen molar-refractivity contribution in [2.45, 2.75) is 39.7 Å². The van der Waals surface area contributed by atoms with E-state index in [-0.39, 0.29) is 0 Å². The molecule has 0 aromatic heterocycles. The van der Waals surface area contributed by atoms with Crippen molar-refractivity contribution in [1.82, 2.24) is 0 Å². The van der Waals surface area contributed by atoms with Crippen LogP contribution in [0.25, 0.3) is 0 Å². The van der Waals surface area contributed by atoms with Crippen LogP contribution >= 0.6 is 0 Å². The summed E-state index contributed by atoms with van der Waals surface area (Å²) in [6, 6.07) is 7.32. The topological polar surface area (TPSA) is 12.0 Å². The van der Waals surface area contributed by atoms with Gasteiger partial charge in [0.1, 0.15) is 0 Å². The molecule has 1 aliphatic carbocycles. The molecule has 0 aliphatic heterocycles. The summed E-state index contributed by atoms with van der Waals surface area (Å²) in [5.41, 5.74) is 4.02. The van der Waals surface area contributed by atoms with E-state index in [0.717, 1.165) is 5.92 Å². The van der Waals surface area contributed by atoms with Crippen molar-refractivity contribution in [3.63, 3.8) is 0 Å². The molecule has 1 aliphatic rings. The lowest BCUT2D eigenvalue weighted by atomic mass is 9.81. The average molecular weight is 189 g/mol. The molecule has 1 fully saturated rings. The molecule has 76 valence electrons. The van der Waals surface area contributed by atoms with Gasteiger partial charge in [-0.25, -0.2) is 0 Å². The number of benzene rings is 1. The third kappa shape index (κ3) is 1.77. The summed E-state index contributed by atoms with van der Waals surface area (Å²) in [6.07, 6.45) is 2.71. The number of nitrogens with one attached hydrogen (secondary N) is 1. The Labute approximate surface area is 86.5 Å². The van der Waals surface area contributed by atoms with E-state index in [4.69, 9.17) is 0 Å². The first kappa shape index (κ1) is 9.57. The Hall–Kier alpha value is -0.980. The van der Waals surface area contributed by atoms with Crippen LogP contribution in [-0.2, 0) is 0 Å². The monoisotopic (exact) mass is 189 g/mol. The van der Waals surface area contributed by atoms with Crippen molar-refractivity contribution < 1.29 is 0 Å². The van der Waals surface area contributed by atoms with E-state index < -0.39 is 0 Å². The van der Waals surface area contributed by atoms with Gasteiger partial charge in [-0.1, -0.05) is 19.1 Å². The quantitative estimate of drug-likeness (QED) is 0.750. The molecule has 1 heteroatoms. The predicted octanol–water partition coefficient (Wildman–Crippen LogP) is 3.51. The molecule has 1 nitrogen and oxygen atoms in total. The van der Waals surface area contributed by atoms with Crippen molar-refractivity contribution in [3.05, 3.63) is 29.3 Å². The SMILES string of the molecule is Cc1ccc(C)c(NC2CCC2C)c1. The van der Waals surface area contributed by atoms with Gasteiger partial charge in [0.25, 0.3) is 0 Å². The summed E-state index contributed by atoms with van der Waals surface area (Å²) < 4.78 is 0. The second-order valence-corrected chi connectivity index (χ2v) is 4.62. The largest absolute Gasteiger partial charge is 0.382 e. The standard InChI is InChI=1S/C13H19N/c1-9-4-5-11(3)13(8-9)14-12-7-6-10(12)2/h4-5,8,10,12,14H,6-7H2,1-3H3. The molecule has 2 atom stereocenters. The van der Waals surface area contributed by atoms with Crippen molar-refractivity contribution in [2.75, 3.05) is 5.32 Å². The molecular formula is C13H19N. The Morgan fingerprint density at radius 1 is 1.21 bits per heavy atom. The molecule has 1 aromatic carbocycles. The molecule has 1 aromatic rings. The minimum absolute atomic E-state index is 0.704. The molecule has 1 N–H and O–H groups in total. The average Bonchev–Trinajstić information content (AvgIpc) is 2.17. The van der Waals surface area contributed by atoms with Gasteiger partial charge in [0.15, 0.2) is 0 Å². The Morgan fingerprint density at radius 2 is 2.00 bits per heavy atom. The zero-order chi connectivity index (χ0) is 10.1. The number of hydrogen-bond acceptors (Lipinski definition) is 1. The molecule has 1 saturated carbocycles. The van der Waals surface area contributed by atoms with E-state index in [2.05, 4.69) is 44.3 Å². The van der Waals surface area contributed by atoms with Crippen LogP contribution in [0.2, 0.25) is 0 Å². The molecule has 0 spiro atoms. The van der Waals surface area contributed by atoms with Crippen LogP contribution in [0.5, 0.6) is 0 Å². The van der Waals surface area contributed by atoms with Crippen molar-refractivity contribution in [3.8, 4) is 0 Å². The van der Waals surface area contributed by atoms with Gasteiger partial charge in [-0.15, -0.1) is 0 Å². The molecule has 0 heterocycles. The maximum absolute atomic E-state index is 3.64. The molecule has 0 amide bonds. The van der Waals surface area contributed by atoms with Gasteiger partial charge in [0.2, 0.25) is 0 Å². The molecule has 0 radical (unpaired) electrons. The predicted molar refractivity (Wildman–Crippen MR) is 61.7 cm³/mol. The van der Waals surface area contributed by atoms with Gasteiger partial charge < -0.3 is 5.32 Å². The highest BCUT2D eigenvalue weighted by Crippen LogP contribution is 2.30. The summed E-state index contributed by atoms with van der Waals surface area (Å²) in [4.78, 5) is 0. The smallest absolute Gasteiger partial charge is 0.0374 e. The molecule has 14 heavy (non-hydrogen) atoms. The zero-order valence-electron chi connectivity index (χ0n) is 9.30. The van der Waals surface area contributed by atoms with Gasteiger partial charge in [-0.3, -0.25) is 0 Å². The maximum atomic E-state index is 3.64. The van der Waals surface area contributed by atoms with E-state index in [1.807, 2.05) is 0 Å². The summed E-state index contributed by atoms with van der Waals surface area (Å²) >= 11 is 0. The van der Waals surface area contributed by atoms with Crippen molar-refractivity contribution in [1.29, 1.82) is 0 Å². The fraction of sp³-hybridized carbons (Fsp3) is 0.538. The van der Waals surface area contributed by atoms with Crippen LogP contribution in [0.15, 0.2) is 18.2 Å². The van der Waals surface area contributed by atoms with Gasteiger partial charge in [-0.05, 0) is 49.8 Å². The zero-order valence-corrected chi connectivity index (χ0v) is 9.30. The van der Waals surface area contributed by atoms with Gasteiger partial charge in [0.05, 0.1) is 0 Å². The highest BCUT2D eigenvalue weighted by molar-refractivity contribution is 5.53. The minimum atomic E-state index is 0.704. The first-order valence-electron chi connectivity index (χ1n) is 5.50. The molecule has 2 rings (SSSR count). The van der Waals surface area contributed by atoms with Crippen LogP contribution in [0.3, 0.4) is 0 Å². The Bertz CT molecular complexity index is 330. The van der Waals surface area contributed by atoms with Gasteiger partial charge in [-0.2, -0.15) is 0 Å². The van der Waals surface area contributed by atoms with Crippen LogP contribution < -0.4 is 5.32 Å². The van der Waals surface area contributed by atoms with Crippen LogP contribution in [0, 0.1) is 19.8 Å². The van der Waals surface area contributed by atoms with Crippen LogP contribution in [0.4, 0.5) is 5.69 Å². The first-order chi connectivity index (χ1) is 6.66. The number of rotatable bonds is 2. The second-order valence-electron chi connectivity index (χ2n) is 4.62. The molecule has 0 saturated heterocycles. The minimum Gasteiger partial charge on any atom is -0.382 e. The van der Waals surface area contributed by atoms with E-state index in [1.54, 1.807) is 0 Å². The first-order valence-corrected chi connectivity index (χ1v) is 5.50. The normalized spacial score (nSPS) is 25.6. The third-order valence-electron chi connectivity index (χ3n) is 3.35. The Morgan fingerprint density at radius 3 is 2.57 bits per heavy atom. The summed E-state index contributed by atoms with van der Waals surface area (Å²) in [6.45, 7) is 6.65.